The van der Waals surface area contributed by atoms with Crippen molar-refractivity contribution in [2.75, 3.05) is 26.2 Å². The summed E-state index contributed by atoms with van der Waals surface area (Å²) in [6.07, 6.45) is 3.33. The van der Waals surface area contributed by atoms with Gasteiger partial charge in [0.2, 0.25) is 0 Å². The van der Waals surface area contributed by atoms with Gasteiger partial charge in [0, 0.05) is 38.6 Å². The van der Waals surface area contributed by atoms with Crippen molar-refractivity contribution >= 4 is 28.2 Å². The van der Waals surface area contributed by atoms with E-state index in [2.05, 4.69) is 10.1 Å². The SMILES string of the molecule is COCc1nn2c(ncc3c(=O)n(N(C)C)ccc32)c1-c1ccc(Cl)cc1. The normalized spacial score (nSPS) is 11.4. The van der Waals surface area contributed by atoms with E-state index in [9.17, 15) is 4.79 Å². The molecular formula is C19H18ClN5O2. The molecule has 0 atom stereocenters. The second-order valence-corrected chi connectivity index (χ2v) is 6.80. The Kier molecular flexibility index (Phi) is 4.33. The number of ether oxygens (including phenoxy) is 1. The van der Waals surface area contributed by atoms with Gasteiger partial charge in [0.15, 0.2) is 5.65 Å². The van der Waals surface area contributed by atoms with Crippen LogP contribution >= 0.6 is 11.6 Å². The van der Waals surface area contributed by atoms with E-state index >= 15 is 0 Å². The molecule has 3 aromatic heterocycles. The molecule has 4 rings (SSSR count). The van der Waals surface area contributed by atoms with Crippen molar-refractivity contribution in [2.24, 2.45) is 0 Å². The average Bonchev–Trinajstić information content (AvgIpc) is 3.01. The number of fused-ring (bicyclic) bond motifs is 3. The number of pyridine rings is 1. The molecule has 3 heterocycles. The van der Waals surface area contributed by atoms with Gasteiger partial charge in [-0.2, -0.15) is 5.10 Å². The quantitative estimate of drug-likeness (QED) is 0.542. The molecule has 0 bridgehead atoms. The fraction of sp³-hybridized carbons (Fsp3) is 0.211. The molecule has 7 nitrogen and oxygen atoms in total. The number of hydrogen-bond donors (Lipinski definition) is 0. The van der Waals surface area contributed by atoms with Crippen molar-refractivity contribution in [2.45, 2.75) is 6.61 Å². The number of halogens is 1. The van der Waals surface area contributed by atoms with Crippen LogP contribution < -0.4 is 10.6 Å². The summed E-state index contributed by atoms with van der Waals surface area (Å²) in [6, 6.07) is 9.37. The van der Waals surface area contributed by atoms with E-state index in [4.69, 9.17) is 16.3 Å². The molecule has 0 unspecified atom stereocenters. The molecular weight excluding hydrogens is 366 g/mol. The molecule has 1 aromatic carbocycles. The second kappa shape index (κ2) is 6.68. The number of hydrogen-bond acceptors (Lipinski definition) is 5. The fourth-order valence-electron chi connectivity index (χ4n) is 3.17. The molecule has 138 valence electrons. The third kappa shape index (κ3) is 2.85. The lowest BCUT2D eigenvalue weighted by Gasteiger charge is -2.15. The molecule has 4 aromatic rings. The van der Waals surface area contributed by atoms with Crippen LogP contribution in [0.3, 0.4) is 0 Å². The van der Waals surface area contributed by atoms with Crippen molar-refractivity contribution in [3.05, 3.63) is 63.8 Å². The lowest BCUT2D eigenvalue weighted by atomic mass is 10.1. The topological polar surface area (TPSA) is 64.7 Å². The number of rotatable bonds is 4. The van der Waals surface area contributed by atoms with Gasteiger partial charge in [-0.15, -0.1) is 0 Å². The molecule has 0 N–H and O–H groups in total. The Morgan fingerprint density at radius 1 is 1.19 bits per heavy atom. The predicted molar refractivity (Wildman–Crippen MR) is 106 cm³/mol. The number of nitrogens with zero attached hydrogens (tertiary/aromatic N) is 5. The first-order chi connectivity index (χ1) is 13.0. The van der Waals surface area contributed by atoms with E-state index in [1.165, 1.54) is 4.68 Å². The highest BCUT2D eigenvalue weighted by molar-refractivity contribution is 6.30. The zero-order valence-corrected chi connectivity index (χ0v) is 15.9. The van der Waals surface area contributed by atoms with Crippen LogP contribution in [0.15, 0.2) is 47.5 Å². The maximum absolute atomic E-state index is 12.7. The second-order valence-electron chi connectivity index (χ2n) is 6.37. The lowest BCUT2D eigenvalue weighted by molar-refractivity contribution is 0.181. The van der Waals surface area contributed by atoms with E-state index in [0.29, 0.717) is 28.2 Å². The maximum atomic E-state index is 12.7. The van der Waals surface area contributed by atoms with Crippen molar-refractivity contribution in [3.63, 3.8) is 0 Å². The van der Waals surface area contributed by atoms with Gasteiger partial charge in [-0.05, 0) is 23.8 Å². The van der Waals surface area contributed by atoms with E-state index in [-0.39, 0.29) is 5.56 Å². The minimum Gasteiger partial charge on any atom is -0.378 e. The Morgan fingerprint density at radius 2 is 1.93 bits per heavy atom. The van der Waals surface area contributed by atoms with Crippen LogP contribution in [0, 0.1) is 0 Å². The first kappa shape index (κ1) is 17.5. The highest BCUT2D eigenvalue weighted by atomic mass is 35.5. The van der Waals surface area contributed by atoms with Crippen LogP contribution in [-0.4, -0.2) is 40.5 Å². The summed E-state index contributed by atoms with van der Waals surface area (Å²) >= 11 is 6.03. The minimum atomic E-state index is -0.149. The minimum absolute atomic E-state index is 0.149. The zero-order chi connectivity index (χ0) is 19.1. The summed E-state index contributed by atoms with van der Waals surface area (Å²) < 4.78 is 8.55. The highest BCUT2D eigenvalue weighted by Crippen LogP contribution is 2.30. The fourth-order valence-corrected chi connectivity index (χ4v) is 3.29. The van der Waals surface area contributed by atoms with Crippen LogP contribution in [0.2, 0.25) is 5.02 Å². The van der Waals surface area contributed by atoms with Gasteiger partial charge < -0.3 is 9.75 Å². The Bertz CT molecular complexity index is 1190. The van der Waals surface area contributed by atoms with Gasteiger partial charge in [0.05, 0.1) is 28.8 Å². The van der Waals surface area contributed by atoms with Crippen LogP contribution in [0.4, 0.5) is 0 Å². The van der Waals surface area contributed by atoms with Crippen LogP contribution in [-0.2, 0) is 11.3 Å². The Morgan fingerprint density at radius 3 is 2.59 bits per heavy atom. The van der Waals surface area contributed by atoms with E-state index in [1.807, 2.05) is 44.4 Å². The van der Waals surface area contributed by atoms with E-state index < -0.39 is 0 Å². The van der Waals surface area contributed by atoms with Gasteiger partial charge in [0.1, 0.15) is 0 Å². The van der Waals surface area contributed by atoms with Crippen LogP contribution in [0.25, 0.3) is 27.7 Å². The maximum Gasteiger partial charge on any atom is 0.279 e. The van der Waals surface area contributed by atoms with E-state index in [0.717, 1.165) is 16.8 Å². The molecule has 8 heteroatoms. The van der Waals surface area contributed by atoms with Crippen molar-refractivity contribution in [3.8, 4) is 11.1 Å². The Labute approximate surface area is 160 Å². The molecule has 0 fully saturated rings. The molecule has 0 spiro atoms. The number of aromatic nitrogens is 4. The Hall–Kier alpha value is -2.90. The molecule has 0 radical (unpaired) electrons. The van der Waals surface area contributed by atoms with Gasteiger partial charge >= 0.3 is 0 Å². The van der Waals surface area contributed by atoms with Crippen LogP contribution in [0.1, 0.15) is 5.69 Å². The number of methoxy groups -OCH3 is 1. The highest BCUT2D eigenvalue weighted by Gasteiger charge is 2.18. The van der Waals surface area contributed by atoms with Gasteiger partial charge in [-0.1, -0.05) is 23.7 Å². The molecule has 0 aliphatic carbocycles. The summed E-state index contributed by atoms with van der Waals surface area (Å²) in [7, 11) is 5.24. The Balaban J connectivity index is 2.05. The van der Waals surface area contributed by atoms with Crippen molar-refractivity contribution in [1.82, 2.24) is 19.3 Å². The predicted octanol–water partition coefficient (Wildman–Crippen LogP) is 2.71. The average molecular weight is 384 g/mol. The smallest absolute Gasteiger partial charge is 0.279 e. The van der Waals surface area contributed by atoms with Gasteiger partial charge in [0.25, 0.3) is 5.56 Å². The summed E-state index contributed by atoms with van der Waals surface area (Å²) in [6.45, 7) is 0.331. The van der Waals surface area contributed by atoms with Crippen LogP contribution in [0.5, 0.6) is 0 Å². The summed E-state index contributed by atoms with van der Waals surface area (Å²) in [5, 5.41) is 7.54. The molecule has 0 aliphatic rings. The van der Waals surface area contributed by atoms with Crippen molar-refractivity contribution < 1.29 is 4.74 Å². The number of benzene rings is 1. The first-order valence-corrected chi connectivity index (χ1v) is 8.73. The van der Waals surface area contributed by atoms with Crippen molar-refractivity contribution in [1.29, 1.82) is 0 Å². The standard InChI is InChI=1S/C19H18ClN5O2/c1-23(2)24-9-8-16-14(19(24)26)10-21-18-17(12-4-6-13(20)7-5-12)15(11-27-3)22-25(16)18/h4-10H,11H2,1-3H3. The summed E-state index contributed by atoms with van der Waals surface area (Å²) in [5.74, 6) is 0. The largest absolute Gasteiger partial charge is 0.378 e. The molecule has 0 saturated carbocycles. The first-order valence-electron chi connectivity index (χ1n) is 8.35. The molecule has 27 heavy (non-hydrogen) atoms. The van der Waals surface area contributed by atoms with Gasteiger partial charge in [-0.25, -0.2) is 14.2 Å². The van der Waals surface area contributed by atoms with E-state index in [1.54, 1.807) is 29.0 Å². The molecule has 0 aliphatic heterocycles. The van der Waals surface area contributed by atoms with Gasteiger partial charge in [-0.3, -0.25) is 4.79 Å². The summed E-state index contributed by atoms with van der Waals surface area (Å²) in [5.41, 5.74) is 3.77. The molecule has 0 amide bonds. The zero-order valence-electron chi connectivity index (χ0n) is 15.2. The third-order valence-corrected chi connectivity index (χ3v) is 4.66. The third-order valence-electron chi connectivity index (χ3n) is 4.41. The monoisotopic (exact) mass is 383 g/mol. The molecule has 0 saturated heterocycles. The summed E-state index contributed by atoms with van der Waals surface area (Å²) in [4.78, 5) is 17.3. The lowest BCUT2D eigenvalue weighted by Crippen LogP contribution is -2.35.